The summed E-state index contributed by atoms with van der Waals surface area (Å²) in [5.41, 5.74) is 1.63. The lowest BCUT2D eigenvalue weighted by Gasteiger charge is -2.33. The molecule has 0 radical (unpaired) electrons. The van der Waals surface area contributed by atoms with Crippen molar-refractivity contribution in [3.05, 3.63) is 51.2 Å². The first kappa shape index (κ1) is 15.3. The molecule has 124 valence electrons. The Labute approximate surface area is 147 Å². The predicted molar refractivity (Wildman–Crippen MR) is 94.4 cm³/mol. The van der Waals surface area contributed by atoms with E-state index in [1.54, 1.807) is 13.2 Å². The molecule has 0 atom stereocenters. The van der Waals surface area contributed by atoms with E-state index in [2.05, 4.69) is 40.5 Å². The van der Waals surface area contributed by atoms with Gasteiger partial charge < -0.3 is 4.90 Å². The number of fused-ring (bicyclic) bond motifs is 1. The van der Waals surface area contributed by atoms with Crippen LogP contribution in [0.25, 0.3) is 5.65 Å². The molecule has 7 nitrogen and oxygen atoms in total. The minimum Gasteiger partial charge on any atom is -0.369 e. The van der Waals surface area contributed by atoms with Crippen molar-refractivity contribution >= 4 is 27.3 Å². The van der Waals surface area contributed by atoms with Crippen LogP contribution in [0.1, 0.15) is 24.6 Å². The molecule has 1 aliphatic heterocycles. The predicted octanol–water partition coefficient (Wildman–Crippen LogP) is 1.97. The van der Waals surface area contributed by atoms with Crippen LogP contribution in [0.4, 0.5) is 5.69 Å². The minimum absolute atomic E-state index is 0.113. The molecule has 1 fully saturated rings. The summed E-state index contributed by atoms with van der Waals surface area (Å²) in [6, 6.07) is 5.93. The summed E-state index contributed by atoms with van der Waals surface area (Å²) in [6.07, 6.45) is 5.70. The number of nitrogens with zero attached hydrogens (tertiary/aromatic N) is 6. The third-order valence-corrected chi connectivity index (χ3v) is 5.35. The number of aromatic nitrogens is 5. The van der Waals surface area contributed by atoms with Crippen LogP contribution < -0.4 is 10.5 Å². The zero-order valence-electron chi connectivity index (χ0n) is 13.3. The molecule has 0 bridgehead atoms. The molecular formula is C16H17BrN6O. The summed E-state index contributed by atoms with van der Waals surface area (Å²) >= 11 is 3.41. The molecule has 1 aliphatic rings. The van der Waals surface area contributed by atoms with Crippen LogP contribution in [-0.2, 0) is 7.05 Å². The molecule has 8 heteroatoms. The smallest absolute Gasteiger partial charge is 0.282 e. The van der Waals surface area contributed by atoms with Gasteiger partial charge in [0.25, 0.3) is 5.56 Å². The van der Waals surface area contributed by atoms with Gasteiger partial charge in [-0.1, -0.05) is 6.07 Å². The van der Waals surface area contributed by atoms with Crippen LogP contribution in [-0.4, -0.2) is 37.5 Å². The molecule has 3 aromatic rings. The Kier molecular flexibility index (Phi) is 3.84. The van der Waals surface area contributed by atoms with E-state index in [9.17, 15) is 4.79 Å². The lowest BCUT2D eigenvalue weighted by atomic mass is 9.95. The average molecular weight is 389 g/mol. The Bertz CT molecular complexity index is 941. The SMILES string of the molecule is Cn1ncc(N2CCC(c3nnc4ccccn34)CC2)c(Br)c1=O. The number of piperidine rings is 1. The highest BCUT2D eigenvalue weighted by molar-refractivity contribution is 9.10. The van der Waals surface area contributed by atoms with E-state index >= 15 is 0 Å². The van der Waals surface area contributed by atoms with Gasteiger partial charge >= 0.3 is 0 Å². The number of aryl methyl sites for hydroxylation is 1. The van der Waals surface area contributed by atoms with Gasteiger partial charge in [0.2, 0.25) is 0 Å². The molecule has 24 heavy (non-hydrogen) atoms. The summed E-state index contributed by atoms with van der Waals surface area (Å²) in [4.78, 5) is 14.2. The van der Waals surface area contributed by atoms with Crippen molar-refractivity contribution in [2.24, 2.45) is 7.05 Å². The molecule has 1 saturated heterocycles. The normalized spacial score (nSPS) is 16.0. The topological polar surface area (TPSA) is 68.3 Å². The molecular weight excluding hydrogens is 372 g/mol. The largest absolute Gasteiger partial charge is 0.369 e. The van der Waals surface area contributed by atoms with Gasteiger partial charge in [0.15, 0.2) is 5.65 Å². The number of hydrogen-bond acceptors (Lipinski definition) is 5. The fourth-order valence-corrected chi connectivity index (χ4v) is 3.85. The number of halogens is 1. The summed E-state index contributed by atoms with van der Waals surface area (Å²) in [5.74, 6) is 1.39. The molecule has 0 saturated carbocycles. The molecule has 0 spiro atoms. The Hall–Kier alpha value is -2.22. The number of anilines is 1. The summed E-state index contributed by atoms with van der Waals surface area (Å²) in [7, 11) is 1.65. The summed E-state index contributed by atoms with van der Waals surface area (Å²) in [5, 5.41) is 12.8. The van der Waals surface area contributed by atoms with Crippen LogP contribution in [0.15, 0.2) is 39.9 Å². The Morgan fingerprint density at radius 3 is 2.79 bits per heavy atom. The fraction of sp³-hybridized carbons (Fsp3) is 0.375. The molecule has 4 rings (SSSR count). The highest BCUT2D eigenvalue weighted by Crippen LogP contribution is 2.31. The maximum atomic E-state index is 12.0. The molecule has 3 aromatic heterocycles. The zero-order valence-corrected chi connectivity index (χ0v) is 14.8. The third-order valence-electron chi connectivity index (χ3n) is 4.60. The second kappa shape index (κ2) is 6.01. The Balaban J connectivity index is 1.55. The van der Waals surface area contributed by atoms with Crippen LogP contribution >= 0.6 is 15.9 Å². The van der Waals surface area contributed by atoms with Gasteiger partial charge in [0, 0.05) is 32.3 Å². The first-order chi connectivity index (χ1) is 11.6. The monoisotopic (exact) mass is 388 g/mol. The minimum atomic E-state index is -0.113. The molecule has 0 aliphatic carbocycles. The van der Waals surface area contributed by atoms with Crippen molar-refractivity contribution in [1.82, 2.24) is 24.4 Å². The van der Waals surface area contributed by atoms with E-state index in [1.165, 1.54) is 4.68 Å². The van der Waals surface area contributed by atoms with Crippen molar-refractivity contribution in [3.63, 3.8) is 0 Å². The van der Waals surface area contributed by atoms with Gasteiger partial charge in [-0.2, -0.15) is 5.10 Å². The molecule has 0 amide bonds. The van der Waals surface area contributed by atoms with Crippen molar-refractivity contribution in [1.29, 1.82) is 0 Å². The summed E-state index contributed by atoms with van der Waals surface area (Å²) < 4.78 is 3.98. The maximum Gasteiger partial charge on any atom is 0.282 e. The van der Waals surface area contributed by atoms with Crippen molar-refractivity contribution < 1.29 is 0 Å². The Morgan fingerprint density at radius 2 is 2.00 bits per heavy atom. The first-order valence-corrected chi connectivity index (χ1v) is 8.71. The zero-order chi connectivity index (χ0) is 16.7. The third kappa shape index (κ3) is 2.50. The number of hydrogen-bond donors (Lipinski definition) is 0. The lowest BCUT2D eigenvalue weighted by Crippen LogP contribution is -2.35. The van der Waals surface area contributed by atoms with E-state index in [4.69, 9.17) is 0 Å². The second-order valence-electron chi connectivity index (χ2n) is 6.02. The van der Waals surface area contributed by atoms with Gasteiger partial charge in [-0.3, -0.25) is 9.20 Å². The number of rotatable bonds is 2. The van der Waals surface area contributed by atoms with E-state index in [-0.39, 0.29) is 5.56 Å². The first-order valence-electron chi connectivity index (χ1n) is 7.91. The molecule has 4 heterocycles. The molecule has 0 aromatic carbocycles. The van der Waals surface area contributed by atoms with Crippen LogP contribution in [0.2, 0.25) is 0 Å². The van der Waals surface area contributed by atoms with Crippen LogP contribution in [0.5, 0.6) is 0 Å². The van der Waals surface area contributed by atoms with Gasteiger partial charge in [-0.25, -0.2) is 4.68 Å². The fourth-order valence-electron chi connectivity index (χ4n) is 3.24. The van der Waals surface area contributed by atoms with Gasteiger partial charge in [-0.15, -0.1) is 10.2 Å². The quantitative estimate of drug-likeness (QED) is 0.671. The summed E-state index contributed by atoms with van der Waals surface area (Å²) in [6.45, 7) is 1.72. The van der Waals surface area contributed by atoms with Crippen LogP contribution in [0, 0.1) is 0 Å². The second-order valence-corrected chi connectivity index (χ2v) is 6.81. The lowest BCUT2D eigenvalue weighted by molar-refractivity contribution is 0.481. The average Bonchev–Trinajstić information content (AvgIpc) is 3.04. The number of pyridine rings is 1. The van der Waals surface area contributed by atoms with E-state index in [1.807, 2.05) is 24.4 Å². The highest BCUT2D eigenvalue weighted by atomic mass is 79.9. The van der Waals surface area contributed by atoms with Gasteiger partial charge in [0.1, 0.15) is 10.3 Å². The maximum absolute atomic E-state index is 12.0. The highest BCUT2D eigenvalue weighted by Gasteiger charge is 2.26. The van der Waals surface area contributed by atoms with Gasteiger partial charge in [0.05, 0.1) is 11.9 Å². The van der Waals surface area contributed by atoms with Crippen LogP contribution in [0.3, 0.4) is 0 Å². The van der Waals surface area contributed by atoms with E-state index in [0.717, 1.165) is 43.1 Å². The van der Waals surface area contributed by atoms with Crippen molar-refractivity contribution in [3.8, 4) is 0 Å². The van der Waals surface area contributed by atoms with E-state index < -0.39 is 0 Å². The molecule has 0 N–H and O–H groups in total. The van der Waals surface area contributed by atoms with Crippen molar-refractivity contribution in [2.45, 2.75) is 18.8 Å². The van der Waals surface area contributed by atoms with Gasteiger partial charge in [-0.05, 0) is 40.9 Å². The van der Waals surface area contributed by atoms with Crippen molar-refractivity contribution in [2.75, 3.05) is 18.0 Å². The van der Waals surface area contributed by atoms with E-state index in [0.29, 0.717) is 10.4 Å². The Morgan fingerprint density at radius 1 is 1.21 bits per heavy atom. The molecule has 0 unspecified atom stereocenters. The standard InChI is InChI=1S/C16H17BrN6O/c1-21-16(24)14(17)12(10-18-21)22-8-5-11(6-9-22)15-20-19-13-4-2-3-7-23(13)15/h2-4,7,10-11H,5-6,8-9H2,1H3.